The number of nitrogens with zero attached hydrogens (tertiary/aromatic N) is 2. The Morgan fingerprint density at radius 3 is 2.68 bits per heavy atom. The number of anilines is 1. The maximum absolute atomic E-state index is 14.0. The van der Waals surface area contributed by atoms with E-state index in [1.54, 1.807) is 49.1 Å². The third-order valence-electron chi connectivity index (χ3n) is 5.57. The number of hydrogen-bond acceptors (Lipinski definition) is 6. The standard InChI is InChI=1S/C25H26FN3O4S/c1-14(2)33-19-10-9-15(11-20(19)32-4)17-12-21(30)27-23-22(17)24(31)28-25(29(23)3)34-13-16-7-5-6-8-18(16)26/h5-11,14,17H,12-13H2,1-4H3,(H,27,30). The van der Waals surface area contributed by atoms with Crippen molar-refractivity contribution >= 4 is 23.5 Å². The van der Waals surface area contributed by atoms with Crippen molar-refractivity contribution in [3.05, 3.63) is 75.3 Å². The van der Waals surface area contributed by atoms with E-state index in [4.69, 9.17) is 9.47 Å². The van der Waals surface area contributed by atoms with Gasteiger partial charge in [0.2, 0.25) is 5.91 Å². The van der Waals surface area contributed by atoms with Crippen LogP contribution in [-0.2, 0) is 17.6 Å². The predicted molar refractivity (Wildman–Crippen MR) is 129 cm³/mol. The van der Waals surface area contributed by atoms with E-state index in [1.807, 2.05) is 19.9 Å². The van der Waals surface area contributed by atoms with Crippen LogP contribution in [0.1, 0.15) is 42.9 Å². The maximum Gasteiger partial charge on any atom is 0.279 e. The van der Waals surface area contributed by atoms with Gasteiger partial charge >= 0.3 is 0 Å². The molecule has 0 spiro atoms. The summed E-state index contributed by atoms with van der Waals surface area (Å²) in [5.41, 5.74) is 1.26. The number of thioether (sulfide) groups is 1. The SMILES string of the molecule is COc1cc(C2CC(=O)Nc3c2c(=O)nc(SCc2ccccc2F)n3C)ccc1OC(C)C. The van der Waals surface area contributed by atoms with Crippen molar-refractivity contribution in [2.24, 2.45) is 7.05 Å². The lowest BCUT2D eigenvalue weighted by Crippen LogP contribution is -2.33. The number of carbonyl (C=O) groups is 1. The molecule has 1 unspecified atom stereocenters. The molecule has 178 valence electrons. The number of amides is 1. The van der Waals surface area contributed by atoms with Crippen LogP contribution in [0.4, 0.5) is 10.2 Å². The van der Waals surface area contributed by atoms with Crippen molar-refractivity contribution < 1.29 is 18.7 Å². The van der Waals surface area contributed by atoms with E-state index in [1.165, 1.54) is 17.8 Å². The fourth-order valence-corrected chi connectivity index (χ4v) is 4.91. The minimum absolute atomic E-state index is 0.0299. The second-order valence-electron chi connectivity index (χ2n) is 8.28. The molecular formula is C25H26FN3O4S. The molecule has 7 nitrogen and oxygen atoms in total. The average Bonchev–Trinajstić information content (AvgIpc) is 2.80. The summed E-state index contributed by atoms with van der Waals surface area (Å²) in [7, 11) is 3.28. The second kappa shape index (κ2) is 9.89. The summed E-state index contributed by atoms with van der Waals surface area (Å²) in [5.74, 6) is 0.822. The van der Waals surface area contributed by atoms with Crippen LogP contribution in [0.15, 0.2) is 52.4 Å². The van der Waals surface area contributed by atoms with E-state index in [0.29, 0.717) is 39.4 Å². The third-order valence-corrected chi connectivity index (χ3v) is 6.65. The smallest absolute Gasteiger partial charge is 0.279 e. The number of halogens is 1. The highest BCUT2D eigenvalue weighted by Crippen LogP contribution is 2.39. The van der Waals surface area contributed by atoms with Crippen LogP contribution in [0, 0.1) is 5.82 Å². The van der Waals surface area contributed by atoms with E-state index >= 15 is 0 Å². The Labute approximate surface area is 201 Å². The molecule has 0 radical (unpaired) electrons. The van der Waals surface area contributed by atoms with Crippen molar-refractivity contribution in [2.45, 2.75) is 43.2 Å². The van der Waals surface area contributed by atoms with Crippen molar-refractivity contribution in [1.82, 2.24) is 9.55 Å². The molecule has 1 atom stereocenters. The quantitative estimate of drug-likeness (QED) is 0.394. The monoisotopic (exact) mass is 483 g/mol. The van der Waals surface area contributed by atoms with Crippen LogP contribution in [0.25, 0.3) is 0 Å². The molecule has 1 aliphatic heterocycles. The van der Waals surface area contributed by atoms with Gasteiger partial charge in [-0.15, -0.1) is 0 Å². The Kier molecular flexibility index (Phi) is 6.92. The lowest BCUT2D eigenvalue weighted by atomic mass is 9.86. The Morgan fingerprint density at radius 2 is 1.97 bits per heavy atom. The van der Waals surface area contributed by atoms with Crippen LogP contribution < -0.4 is 20.3 Å². The first-order chi connectivity index (χ1) is 16.3. The van der Waals surface area contributed by atoms with Crippen LogP contribution in [0.5, 0.6) is 11.5 Å². The fraction of sp³-hybridized carbons (Fsp3) is 0.320. The maximum atomic E-state index is 14.0. The van der Waals surface area contributed by atoms with Gasteiger partial charge < -0.3 is 19.4 Å². The topological polar surface area (TPSA) is 82.5 Å². The number of benzene rings is 2. The summed E-state index contributed by atoms with van der Waals surface area (Å²) >= 11 is 1.24. The summed E-state index contributed by atoms with van der Waals surface area (Å²) in [6, 6.07) is 11.9. The normalized spacial score (nSPS) is 15.1. The van der Waals surface area contributed by atoms with Gasteiger partial charge in [-0.05, 0) is 43.2 Å². The molecule has 0 saturated carbocycles. The van der Waals surface area contributed by atoms with E-state index in [0.717, 1.165) is 5.56 Å². The molecular weight excluding hydrogens is 457 g/mol. The molecule has 9 heteroatoms. The molecule has 2 heterocycles. The van der Waals surface area contributed by atoms with Gasteiger partial charge in [0, 0.05) is 25.1 Å². The third kappa shape index (κ3) is 4.79. The zero-order chi connectivity index (χ0) is 24.4. The number of fused-ring (bicyclic) bond motifs is 1. The molecule has 2 aromatic carbocycles. The lowest BCUT2D eigenvalue weighted by molar-refractivity contribution is -0.116. The van der Waals surface area contributed by atoms with E-state index in [2.05, 4.69) is 10.3 Å². The Hall–Kier alpha value is -3.33. The summed E-state index contributed by atoms with van der Waals surface area (Å²) in [6.07, 6.45) is 0.0804. The van der Waals surface area contributed by atoms with Crippen molar-refractivity contribution in [2.75, 3.05) is 12.4 Å². The Balaban J connectivity index is 1.71. The first-order valence-corrected chi connectivity index (χ1v) is 11.9. The van der Waals surface area contributed by atoms with E-state index in [9.17, 15) is 14.0 Å². The number of carbonyl (C=O) groups excluding carboxylic acids is 1. The first-order valence-electron chi connectivity index (χ1n) is 10.9. The summed E-state index contributed by atoms with van der Waals surface area (Å²) in [4.78, 5) is 30.0. The van der Waals surface area contributed by atoms with Crippen molar-refractivity contribution in [3.8, 4) is 11.5 Å². The zero-order valence-corrected chi connectivity index (χ0v) is 20.2. The molecule has 4 rings (SSSR count). The lowest BCUT2D eigenvalue weighted by Gasteiger charge is -2.28. The van der Waals surface area contributed by atoms with Crippen molar-refractivity contribution in [1.29, 1.82) is 0 Å². The molecule has 1 N–H and O–H groups in total. The second-order valence-corrected chi connectivity index (χ2v) is 9.23. The summed E-state index contributed by atoms with van der Waals surface area (Å²) in [5, 5.41) is 3.22. The molecule has 0 bridgehead atoms. The van der Waals surface area contributed by atoms with Gasteiger partial charge in [-0.2, -0.15) is 4.98 Å². The van der Waals surface area contributed by atoms with Gasteiger partial charge in [-0.1, -0.05) is 36.0 Å². The van der Waals surface area contributed by atoms with Crippen LogP contribution in [-0.4, -0.2) is 28.7 Å². The first kappa shape index (κ1) is 23.8. The van der Waals surface area contributed by atoms with Gasteiger partial charge in [-0.3, -0.25) is 9.59 Å². The highest BCUT2D eigenvalue weighted by atomic mass is 32.2. The number of ether oxygens (including phenoxy) is 2. The zero-order valence-electron chi connectivity index (χ0n) is 19.4. The minimum atomic E-state index is -0.484. The van der Waals surface area contributed by atoms with Crippen molar-refractivity contribution in [3.63, 3.8) is 0 Å². The molecule has 0 aliphatic carbocycles. The molecule has 3 aromatic rings. The van der Waals surface area contributed by atoms with E-state index < -0.39 is 11.5 Å². The average molecular weight is 484 g/mol. The number of nitrogens with one attached hydrogen (secondary N) is 1. The highest BCUT2D eigenvalue weighted by molar-refractivity contribution is 7.98. The minimum Gasteiger partial charge on any atom is -0.493 e. The number of methoxy groups -OCH3 is 1. The van der Waals surface area contributed by atoms with Gasteiger partial charge in [0.05, 0.1) is 18.8 Å². The fourth-order valence-electron chi connectivity index (χ4n) is 3.96. The number of hydrogen-bond donors (Lipinski definition) is 1. The van der Waals surface area contributed by atoms with Gasteiger partial charge in [0.15, 0.2) is 16.7 Å². The van der Waals surface area contributed by atoms with Gasteiger partial charge in [0.25, 0.3) is 5.56 Å². The van der Waals surface area contributed by atoms with E-state index in [-0.39, 0.29) is 24.2 Å². The Morgan fingerprint density at radius 1 is 1.21 bits per heavy atom. The summed E-state index contributed by atoms with van der Waals surface area (Å²) < 4.78 is 27.0. The highest BCUT2D eigenvalue weighted by Gasteiger charge is 2.32. The molecule has 1 amide bonds. The van der Waals surface area contributed by atoms with Gasteiger partial charge in [0.1, 0.15) is 11.6 Å². The van der Waals surface area contributed by atoms with Crippen LogP contribution in [0.2, 0.25) is 0 Å². The molecule has 0 fully saturated rings. The predicted octanol–water partition coefficient (Wildman–Crippen LogP) is 4.48. The van der Waals surface area contributed by atoms with Crippen LogP contribution in [0.3, 0.4) is 0 Å². The number of rotatable bonds is 7. The Bertz CT molecular complexity index is 1290. The molecule has 34 heavy (non-hydrogen) atoms. The number of aromatic nitrogens is 2. The molecule has 1 aromatic heterocycles. The largest absolute Gasteiger partial charge is 0.493 e. The summed E-state index contributed by atoms with van der Waals surface area (Å²) in [6.45, 7) is 3.85. The molecule has 0 saturated heterocycles. The molecule has 1 aliphatic rings. The van der Waals surface area contributed by atoms with Gasteiger partial charge in [-0.25, -0.2) is 4.39 Å². The van der Waals surface area contributed by atoms with Crippen LogP contribution >= 0.6 is 11.8 Å².